The van der Waals surface area contributed by atoms with Crippen molar-refractivity contribution >= 4 is 23.1 Å². The molecule has 0 bridgehead atoms. The van der Waals surface area contributed by atoms with E-state index in [9.17, 15) is 9.59 Å². The summed E-state index contributed by atoms with van der Waals surface area (Å²) in [6, 6.07) is 18.2. The van der Waals surface area contributed by atoms with Crippen LogP contribution in [0.25, 0.3) is 0 Å². The Morgan fingerprint density at radius 2 is 1.73 bits per heavy atom. The van der Waals surface area contributed by atoms with Gasteiger partial charge in [0.15, 0.2) is 5.78 Å². The molecule has 2 aromatic carbocycles. The highest BCUT2D eigenvalue weighted by atomic mass is 16.2. The first-order chi connectivity index (χ1) is 15.9. The molecule has 5 heteroatoms. The van der Waals surface area contributed by atoms with E-state index in [4.69, 9.17) is 0 Å². The number of nitrogens with one attached hydrogen (secondary N) is 2. The average Bonchev–Trinajstić information content (AvgIpc) is 3.24. The minimum Gasteiger partial charge on any atom is -0.357 e. The standard InChI is InChI=1S/C28H33N3O2/c1-28(2)16-22-26(24(32)17-28)27(19-10-4-3-5-11-19)31(23-15-9-8-14-21(23)30-22)18-25(33)29-20-12-6-7-13-20/h3-5,8-11,14-15,20,27,30H,6-7,12-13,16-18H2,1-2H3,(H,29,33)/t27-/m0/s1. The third kappa shape index (κ3) is 4.41. The van der Waals surface area contributed by atoms with Gasteiger partial charge >= 0.3 is 0 Å². The van der Waals surface area contributed by atoms with Crippen molar-refractivity contribution in [3.8, 4) is 0 Å². The molecular formula is C28H33N3O2. The number of rotatable bonds is 4. The van der Waals surface area contributed by atoms with Gasteiger partial charge in [-0.05, 0) is 42.4 Å². The number of carbonyl (C=O) groups is 2. The van der Waals surface area contributed by atoms with Gasteiger partial charge in [-0.3, -0.25) is 9.59 Å². The van der Waals surface area contributed by atoms with Crippen molar-refractivity contribution in [2.24, 2.45) is 5.41 Å². The second-order valence-corrected chi connectivity index (χ2v) is 10.5. The first kappa shape index (κ1) is 21.7. The van der Waals surface area contributed by atoms with Crippen LogP contribution in [0.2, 0.25) is 0 Å². The summed E-state index contributed by atoms with van der Waals surface area (Å²) in [4.78, 5) is 29.0. The third-order valence-corrected chi connectivity index (χ3v) is 7.15. The number of benzene rings is 2. The topological polar surface area (TPSA) is 61.4 Å². The van der Waals surface area contributed by atoms with Gasteiger partial charge in [-0.2, -0.15) is 0 Å². The Hall–Kier alpha value is -3.08. The van der Waals surface area contributed by atoms with Crippen LogP contribution < -0.4 is 15.5 Å². The molecule has 1 fully saturated rings. The number of nitrogens with zero attached hydrogens (tertiary/aromatic N) is 1. The zero-order chi connectivity index (χ0) is 23.0. The fourth-order valence-electron chi connectivity index (χ4n) is 5.71. The predicted octanol–water partition coefficient (Wildman–Crippen LogP) is 5.36. The van der Waals surface area contributed by atoms with Gasteiger partial charge < -0.3 is 15.5 Å². The van der Waals surface area contributed by atoms with E-state index in [2.05, 4.69) is 47.6 Å². The van der Waals surface area contributed by atoms with Gasteiger partial charge in [0.2, 0.25) is 5.91 Å². The van der Waals surface area contributed by atoms with E-state index in [0.29, 0.717) is 6.42 Å². The lowest BCUT2D eigenvalue weighted by molar-refractivity contribution is -0.121. The number of allylic oxidation sites excluding steroid dienone is 1. The first-order valence-electron chi connectivity index (χ1n) is 12.1. The van der Waals surface area contributed by atoms with E-state index >= 15 is 0 Å². The molecule has 33 heavy (non-hydrogen) atoms. The Bertz CT molecular complexity index is 1080. The van der Waals surface area contributed by atoms with Crippen molar-refractivity contribution in [3.05, 3.63) is 71.4 Å². The number of ketones is 1. The molecule has 0 aromatic heterocycles. The Kier molecular flexibility index (Phi) is 5.73. The maximum Gasteiger partial charge on any atom is 0.239 e. The van der Waals surface area contributed by atoms with Crippen LogP contribution in [0, 0.1) is 5.41 Å². The molecule has 2 aromatic rings. The summed E-state index contributed by atoms with van der Waals surface area (Å²) in [6.45, 7) is 4.51. The first-order valence-corrected chi connectivity index (χ1v) is 12.1. The molecule has 0 radical (unpaired) electrons. The number of hydrogen-bond acceptors (Lipinski definition) is 4. The summed E-state index contributed by atoms with van der Waals surface area (Å²) < 4.78 is 0. The highest BCUT2D eigenvalue weighted by Gasteiger charge is 2.41. The van der Waals surface area contributed by atoms with Crippen LogP contribution >= 0.6 is 0 Å². The van der Waals surface area contributed by atoms with Crippen molar-refractivity contribution in [2.45, 2.75) is 64.5 Å². The molecule has 172 valence electrons. The normalized spacial score (nSPS) is 22.3. The largest absolute Gasteiger partial charge is 0.357 e. The monoisotopic (exact) mass is 443 g/mol. The van der Waals surface area contributed by atoms with Crippen LogP contribution in [0.3, 0.4) is 0 Å². The molecule has 1 heterocycles. The van der Waals surface area contributed by atoms with E-state index < -0.39 is 0 Å². The fourth-order valence-corrected chi connectivity index (χ4v) is 5.71. The summed E-state index contributed by atoms with van der Waals surface area (Å²) in [5.74, 6) is 0.182. The molecule has 0 saturated heterocycles. The van der Waals surface area contributed by atoms with Crippen molar-refractivity contribution in [2.75, 3.05) is 16.8 Å². The second kappa shape index (κ2) is 8.69. The van der Waals surface area contributed by atoms with Gasteiger partial charge in [0, 0.05) is 23.7 Å². The zero-order valence-electron chi connectivity index (χ0n) is 19.6. The highest BCUT2D eigenvalue weighted by Crippen LogP contribution is 2.48. The van der Waals surface area contributed by atoms with Crippen molar-refractivity contribution in [1.29, 1.82) is 0 Å². The average molecular weight is 444 g/mol. The number of amides is 1. The van der Waals surface area contributed by atoms with E-state index in [1.165, 1.54) is 12.8 Å². The lowest BCUT2D eigenvalue weighted by Gasteiger charge is -2.38. The molecule has 0 spiro atoms. The minimum absolute atomic E-state index is 0.0188. The van der Waals surface area contributed by atoms with Gasteiger partial charge in [0.25, 0.3) is 0 Å². The number of para-hydroxylation sites is 2. The maximum absolute atomic E-state index is 13.6. The Morgan fingerprint density at radius 3 is 2.48 bits per heavy atom. The Morgan fingerprint density at radius 1 is 1.03 bits per heavy atom. The van der Waals surface area contributed by atoms with E-state index in [1.807, 2.05) is 36.4 Å². The number of fused-ring (bicyclic) bond motifs is 1. The molecular weight excluding hydrogens is 410 g/mol. The molecule has 5 rings (SSSR count). The van der Waals surface area contributed by atoms with Gasteiger partial charge in [0.1, 0.15) is 0 Å². The number of hydrogen-bond donors (Lipinski definition) is 2. The molecule has 1 amide bonds. The van der Waals surface area contributed by atoms with Gasteiger partial charge in [-0.1, -0.05) is 69.2 Å². The minimum atomic E-state index is -0.310. The van der Waals surface area contributed by atoms with Crippen molar-refractivity contribution in [3.63, 3.8) is 0 Å². The lowest BCUT2D eigenvalue weighted by Crippen LogP contribution is -2.44. The lowest BCUT2D eigenvalue weighted by atomic mass is 9.73. The Balaban J connectivity index is 1.61. The van der Waals surface area contributed by atoms with Crippen LogP contribution in [0.1, 0.15) is 64.0 Å². The molecule has 1 atom stereocenters. The van der Waals surface area contributed by atoms with E-state index in [0.717, 1.165) is 47.5 Å². The number of anilines is 2. The van der Waals surface area contributed by atoms with Gasteiger partial charge in [0.05, 0.1) is 24.0 Å². The summed E-state index contributed by atoms with van der Waals surface area (Å²) in [7, 11) is 0. The number of carbonyl (C=O) groups excluding carboxylic acids is 2. The van der Waals surface area contributed by atoms with Gasteiger partial charge in [-0.25, -0.2) is 0 Å². The third-order valence-electron chi connectivity index (χ3n) is 7.15. The molecule has 0 unspecified atom stereocenters. The molecule has 2 N–H and O–H groups in total. The summed E-state index contributed by atoms with van der Waals surface area (Å²) in [5.41, 5.74) is 4.61. The molecule has 1 saturated carbocycles. The molecule has 5 nitrogen and oxygen atoms in total. The van der Waals surface area contributed by atoms with Gasteiger partial charge in [-0.15, -0.1) is 0 Å². The van der Waals surface area contributed by atoms with Crippen LogP contribution in [0.4, 0.5) is 11.4 Å². The smallest absolute Gasteiger partial charge is 0.239 e. The fraction of sp³-hybridized carbons (Fsp3) is 0.429. The van der Waals surface area contributed by atoms with E-state index in [1.54, 1.807) is 0 Å². The maximum atomic E-state index is 13.6. The van der Waals surface area contributed by atoms with Crippen LogP contribution in [0.15, 0.2) is 65.9 Å². The molecule has 1 aliphatic heterocycles. The van der Waals surface area contributed by atoms with Crippen molar-refractivity contribution < 1.29 is 9.59 Å². The Labute approximate surface area is 196 Å². The number of Topliss-reactive ketones (excluding diaryl/α,β-unsaturated/α-hetero) is 1. The summed E-state index contributed by atoms with van der Waals surface area (Å²) in [5, 5.41) is 6.85. The second-order valence-electron chi connectivity index (χ2n) is 10.5. The van der Waals surface area contributed by atoms with Crippen LogP contribution in [-0.4, -0.2) is 24.3 Å². The highest BCUT2D eigenvalue weighted by molar-refractivity contribution is 6.01. The SMILES string of the molecule is CC1(C)CC(=O)C2=C(C1)Nc1ccccc1N(CC(=O)NC1CCCC1)[C@H]2c1ccccc1. The quantitative estimate of drug-likeness (QED) is 0.668. The van der Waals surface area contributed by atoms with Crippen LogP contribution in [-0.2, 0) is 9.59 Å². The molecule has 2 aliphatic carbocycles. The van der Waals surface area contributed by atoms with Crippen LogP contribution in [0.5, 0.6) is 0 Å². The predicted molar refractivity (Wildman–Crippen MR) is 132 cm³/mol. The molecule has 3 aliphatic rings. The summed E-state index contributed by atoms with van der Waals surface area (Å²) in [6.07, 6.45) is 5.76. The zero-order valence-corrected chi connectivity index (χ0v) is 19.6. The summed E-state index contributed by atoms with van der Waals surface area (Å²) >= 11 is 0. The van der Waals surface area contributed by atoms with E-state index in [-0.39, 0.29) is 35.7 Å². The van der Waals surface area contributed by atoms with Crippen molar-refractivity contribution in [1.82, 2.24) is 5.32 Å².